The number of carbonyl (C=O) groups excluding carboxylic acids is 1. The monoisotopic (exact) mass is 504 g/mol. The first kappa shape index (κ1) is 26.4. The van der Waals surface area contributed by atoms with Crippen LogP contribution in [0.25, 0.3) is 0 Å². The number of ether oxygens (including phenoxy) is 1. The number of likely N-dealkylation sites (tertiary alicyclic amines) is 1. The highest BCUT2D eigenvalue weighted by atomic mass is 32.2. The van der Waals surface area contributed by atoms with E-state index in [1.807, 2.05) is 18.2 Å². The average Bonchev–Trinajstić information content (AvgIpc) is 3.33. The van der Waals surface area contributed by atoms with Gasteiger partial charge in [0.05, 0.1) is 18.3 Å². The highest BCUT2D eigenvalue weighted by molar-refractivity contribution is 7.92. The third kappa shape index (κ3) is 6.70. The largest absolute Gasteiger partial charge is 0.495 e. The van der Waals surface area contributed by atoms with Gasteiger partial charge in [-0.2, -0.15) is 0 Å². The number of methoxy groups -OCH3 is 1. The Bertz CT molecular complexity index is 1160. The molecular formula is C24H32N4O6S. The molecule has 1 heterocycles. The van der Waals surface area contributed by atoms with Gasteiger partial charge >= 0.3 is 0 Å². The predicted octanol–water partition coefficient (Wildman–Crippen LogP) is 3.06. The molecule has 1 saturated heterocycles. The SMILES string of the molecule is CCC(C(=O)NCc1cccc(CN2CCCC2)c1)N(c1cc([N+](=O)[O-])ccc1OC)S(C)(=O)=O. The van der Waals surface area contributed by atoms with Crippen LogP contribution in [0.1, 0.15) is 37.3 Å². The van der Waals surface area contributed by atoms with E-state index >= 15 is 0 Å². The highest BCUT2D eigenvalue weighted by Gasteiger charge is 2.34. The van der Waals surface area contributed by atoms with Gasteiger partial charge in [0.1, 0.15) is 17.5 Å². The van der Waals surface area contributed by atoms with E-state index in [1.165, 1.54) is 32.1 Å². The number of nitrogens with zero attached hydrogens (tertiary/aromatic N) is 3. The van der Waals surface area contributed by atoms with Gasteiger partial charge in [-0.15, -0.1) is 0 Å². The van der Waals surface area contributed by atoms with Gasteiger partial charge in [0.2, 0.25) is 15.9 Å². The molecule has 1 unspecified atom stereocenters. The summed E-state index contributed by atoms with van der Waals surface area (Å²) in [5.74, 6) is -0.390. The van der Waals surface area contributed by atoms with Crippen molar-refractivity contribution in [3.05, 3.63) is 63.7 Å². The maximum absolute atomic E-state index is 13.2. The van der Waals surface area contributed by atoms with Crippen LogP contribution in [0.2, 0.25) is 0 Å². The Kier molecular flexibility index (Phi) is 8.68. The third-order valence-electron chi connectivity index (χ3n) is 6.00. The number of rotatable bonds is 11. The maximum atomic E-state index is 13.2. The quantitative estimate of drug-likeness (QED) is 0.369. The van der Waals surface area contributed by atoms with Gasteiger partial charge in [-0.25, -0.2) is 8.42 Å². The van der Waals surface area contributed by atoms with E-state index in [9.17, 15) is 23.3 Å². The van der Waals surface area contributed by atoms with Gasteiger partial charge in [0, 0.05) is 25.2 Å². The minimum absolute atomic E-state index is 0.0567. The Balaban J connectivity index is 1.82. The lowest BCUT2D eigenvalue weighted by molar-refractivity contribution is -0.384. The Morgan fingerprint density at radius 2 is 1.89 bits per heavy atom. The summed E-state index contributed by atoms with van der Waals surface area (Å²) in [6.07, 6.45) is 3.53. The first-order valence-corrected chi connectivity index (χ1v) is 13.4. The highest BCUT2D eigenvalue weighted by Crippen LogP contribution is 2.35. The van der Waals surface area contributed by atoms with Gasteiger partial charge < -0.3 is 10.1 Å². The number of nitro groups is 1. The molecule has 1 aliphatic rings. The molecule has 1 amide bonds. The Hall–Kier alpha value is -3.18. The zero-order valence-electron chi connectivity index (χ0n) is 20.3. The van der Waals surface area contributed by atoms with Crippen LogP contribution in [0, 0.1) is 10.1 Å². The van der Waals surface area contributed by atoms with Crippen LogP contribution >= 0.6 is 0 Å². The zero-order valence-corrected chi connectivity index (χ0v) is 21.1. The Morgan fingerprint density at radius 3 is 2.49 bits per heavy atom. The minimum Gasteiger partial charge on any atom is -0.495 e. The minimum atomic E-state index is -3.99. The molecular weight excluding hydrogens is 472 g/mol. The van der Waals surface area contributed by atoms with E-state index in [2.05, 4.69) is 16.3 Å². The first-order valence-electron chi connectivity index (χ1n) is 11.5. The number of hydrogen-bond acceptors (Lipinski definition) is 7. The summed E-state index contributed by atoms with van der Waals surface area (Å²) in [5, 5.41) is 14.1. The summed E-state index contributed by atoms with van der Waals surface area (Å²) in [4.78, 5) is 26.3. The lowest BCUT2D eigenvalue weighted by Gasteiger charge is -2.31. The van der Waals surface area contributed by atoms with Crippen molar-refractivity contribution >= 4 is 27.3 Å². The number of sulfonamides is 1. The standard InChI is InChI=1S/C24H32N4O6S/c1-4-21(27(35(3,32)33)22-15-20(28(30)31)10-11-23(22)34-2)24(29)25-16-18-8-7-9-19(14-18)17-26-12-5-6-13-26/h7-11,14-15,21H,4-6,12-13,16-17H2,1-3H3,(H,25,29). The molecule has 0 aromatic heterocycles. The number of amides is 1. The van der Waals surface area contributed by atoms with Crippen molar-refractivity contribution in [2.75, 3.05) is 30.8 Å². The van der Waals surface area contributed by atoms with Gasteiger partial charge in [-0.1, -0.05) is 31.2 Å². The molecule has 0 saturated carbocycles. The smallest absolute Gasteiger partial charge is 0.271 e. The number of nitro benzene ring substituents is 1. The summed E-state index contributed by atoms with van der Waals surface area (Å²) >= 11 is 0. The molecule has 0 aliphatic carbocycles. The van der Waals surface area contributed by atoms with Gasteiger partial charge in [-0.3, -0.25) is 24.1 Å². The topological polar surface area (TPSA) is 122 Å². The van der Waals surface area contributed by atoms with E-state index in [4.69, 9.17) is 4.74 Å². The van der Waals surface area contributed by atoms with Crippen LogP contribution < -0.4 is 14.4 Å². The van der Waals surface area contributed by atoms with Crippen LogP contribution in [-0.2, 0) is 27.9 Å². The van der Waals surface area contributed by atoms with Crippen LogP contribution in [0.4, 0.5) is 11.4 Å². The maximum Gasteiger partial charge on any atom is 0.271 e. The van der Waals surface area contributed by atoms with E-state index in [1.54, 1.807) is 6.92 Å². The second-order valence-electron chi connectivity index (χ2n) is 8.62. The van der Waals surface area contributed by atoms with Gasteiger partial charge in [-0.05, 0) is 49.5 Å². The average molecular weight is 505 g/mol. The second kappa shape index (κ2) is 11.5. The van der Waals surface area contributed by atoms with Gasteiger partial charge in [0.15, 0.2) is 0 Å². The lowest BCUT2D eigenvalue weighted by Crippen LogP contribution is -2.49. The molecule has 10 nitrogen and oxygen atoms in total. The summed E-state index contributed by atoms with van der Waals surface area (Å²) < 4.78 is 31.7. The van der Waals surface area contributed by atoms with E-state index in [-0.39, 0.29) is 30.1 Å². The van der Waals surface area contributed by atoms with Crippen molar-refractivity contribution in [1.82, 2.24) is 10.2 Å². The summed E-state index contributed by atoms with van der Waals surface area (Å²) in [6, 6.07) is 10.5. The third-order valence-corrected chi connectivity index (χ3v) is 7.17. The van der Waals surface area contributed by atoms with E-state index < -0.39 is 26.9 Å². The molecule has 0 bridgehead atoms. The number of hydrogen-bond donors (Lipinski definition) is 1. The fourth-order valence-corrected chi connectivity index (χ4v) is 5.55. The lowest BCUT2D eigenvalue weighted by atomic mass is 10.1. The number of benzene rings is 2. The first-order chi connectivity index (χ1) is 16.6. The van der Waals surface area contributed by atoms with Crippen molar-refractivity contribution in [3.8, 4) is 5.75 Å². The van der Waals surface area contributed by atoms with Crippen LogP contribution in [-0.4, -0.2) is 56.6 Å². The fraction of sp³-hybridized carbons (Fsp3) is 0.458. The number of non-ortho nitro benzene ring substituents is 1. The molecule has 35 heavy (non-hydrogen) atoms. The normalized spacial score (nSPS) is 14.9. The second-order valence-corrected chi connectivity index (χ2v) is 10.5. The molecule has 190 valence electrons. The molecule has 2 aromatic rings. The van der Waals surface area contributed by atoms with E-state index in [0.717, 1.165) is 47.4 Å². The summed E-state index contributed by atoms with van der Waals surface area (Å²) in [5.41, 5.74) is 1.70. The number of nitrogens with one attached hydrogen (secondary N) is 1. The number of anilines is 1. The zero-order chi connectivity index (χ0) is 25.6. The van der Waals surface area contributed by atoms with Crippen LogP contribution in [0.15, 0.2) is 42.5 Å². The summed E-state index contributed by atoms with van der Waals surface area (Å²) in [6.45, 7) is 4.94. The molecule has 3 rings (SSSR count). The predicted molar refractivity (Wildman–Crippen MR) is 134 cm³/mol. The molecule has 1 fully saturated rings. The van der Waals surface area contributed by atoms with Crippen molar-refractivity contribution in [2.45, 2.75) is 45.3 Å². The molecule has 2 aromatic carbocycles. The van der Waals surface area contributed by atoms with Crippen LogP contribution in [0.3, 0.4) is 0 Å². The number of carbonyl (C=O) groups is 1. The Morgan fingerprint density at radius 1 is 1.20 bits per heavy atom. The fourth-order valence-electron chi connectivity index (χ4n) is 4.34. The Labute approximate surface area is 206 Å². The molecule has 0 spiro atoms. The molecule has 11 heteroatoms. The van der Waals surface area contributed by atoms with Gasteiger partial charge in [0.25, 0.3) is 5.69 Å². The molecule has 1 N–H and O–H groups in total. The molecule has 0 radical (unpaired) electrons. The van der Waals surface area contributed by atoms with E-state index in [0.29, 0.717) is 0 Å². The van der Waals surface area contributed by atoms with Crippen molar-refractivity contribution < 1.29 is 22.9 Å². The van der Waals surface area contributed by atoms with Crippen molar-refractivity contribution in [2.24, 2.45) is 0 Å². The van der Waals surface area contributed by atoms with Crippen molar-refractivity contribution in [3.63, 3.8) is 0 Å². The molecule has 1 aliphatic heterocycles. The summed E-state index contributed by atoms with van der Waals surface area (Å²) in [7, 11) is -2.65. The van der Waals surface area contributed by atoms with Crippen molar-refractivity contribution in [1.29, 1.82) is 0 Å². The van der Waals surface area contributed by atoms with Crippen LogP contribution in [0.5, 0.6) is 5.75 Å². The molecule has 1 atom stereocenters.